The van der Waals surface area contributed by atoms with Gasteiger partial charge in [-0.15, -0.1) is 0 Å². The van der Waals surface area contributed by atoms with Crippen molar-refractivity contribution in [3.8, 4) is 11.5 Å². The third-order valence-electron chi connectivity index (χ3n) is 5.70. The van der Waals surface area contributed by atoms with Crippen LogP contribution in [0.3, 0.4) is 0 Å². The highest BCUT2D eigenvalue weighted by Crippen LogP contribution is 2.39. The summed E-state index contributed by atoms with van der Waals surface area (Å²) < 4.78 is 22.5. The molecule has 33 heavy (non-hydrogen) atoms. The number of hydrogen-bond donors (Lipinski definition) is 2. The van der Waals surface area contributed by atoms with Crippen molar-refractivity contribution < 1.29 is 28.9 Å². The predicted molar refractivity (Wildman–Crippen MR) is 127 cm³/mol. The minimum absolute atomic E-state index is 0.282. The second kappa shape index (κ2) is 10.7. The Bertz CT molecular complexity index is 956. The molecule has 0 bridgehead atoms. The van der Waals surface area contributed by atoms with Crippen LogP contribution in [-0.4, -0.2) is 64.7 Å². The number of nitrogens with one attached hydrogen (secondary N) is 1. The second-order valence-electron chi connectivity index (χ2n) is 7.62. The Kier molecular flexibility index (Phi) is 7.71. The standard InChI is InChI=1S/C23H28BrN3O6/c1-29-17-12-15(13-18(30-2)19(17)24)23-25-22(26-33-23)20(28)21(31-3)14-4-6-16(7-5-14)27-8-10-32-11-9-27/h4-7,12-13,20-21,23,28H,8-11H2,1-3H3,(H,25,26). The maximum atomic E-state index is 11.0. The van der Waals surface area contributed by atoms with Gasteiger partial charge in [0.2, 0.25) is 6.23 Å². The molecule has 178 valence electrons. The number of nitrogens with zero attached hydrogens (tertiary/aromatic N) is 2. The number of methoxy groups -OCH3 is 3. The maximum absolute atomic E-state index is 11.0. The number of aliphatic hydroxyl groups is 1. The molecule has 0 aromatic heterocycles. The summed E-state index contributed by atoms with van der Waals surface area (Å²) in [6.07, 6.45) is -2.34. The van der Waals surface area contributed by atoms with Gasteiger partial charge < -0.3 is 29.0 Å². The van der Waals surface area contributed by atoms with Crippen LogP contribution >= 0.6 is 15.9 Å². The highest BCUT2D eigenvalue weighted by Gasteiger charge is 2.32. The van der Waals surface area contributed by atoms with Crippen molar-refractivity contribution in [1.29, 1.82) is 0 Å². The van der Waals surface area contributed by atoms with E-state index in [9.17, 15) is 5.11 Å². The molecule has 2 aromatic carbocycles. The molecule has 0 radical (unpaired) electrons. The van der Waals surface area contributed by atoms with Gasteiger partial charge in [-0.05, 0) is 45.8 Å². The van der Waals surface area contributed by atoms with Gasteiger partial charge in [0.25, 0.3) is 0 Å². The molecule has 2 N–H and O–H groups in total. The summed E-state index contributed by atoms with van der Waals surface area (Å²) in [6, 6.07) is 11.6. The van der Waals surface area contributed by atoms with Gasteiger partial charge in [0, 0.05) is 31.5 Å². The molecule has 10 heteroatoms. The van der Waals surface area contributed by atoms with Gasteiger partial charge in [-0.1, -0.05) is 12.1 Å². The second-order valence-corrected chi connectivity index (χ2v) is 8.41. The molecule has 1 fully saturated rings. The smallest absolute Gasteiger partial charge is 0.202 e. The van der Waals surface area contributed by atoms with E-state index in [0.29, 0.717) is 21.5 Å². The molecule has 0 saturated carbocycles. The Balaban J connectivity index is 1.51. The first-order valence-corrected chi connectivity index (χ1v) is 11.4. The molecule has 9 nitrogen and oxygen atoms in total. The first kappa shape index (κ1) is 23.8. The monoisotopic (exact) mass is 521 g/mol. The topological polar surface area (TPSA) is 94.0 Å². The molecule has 2 aliphatic heterocycles. The normalized spacial score (nSPS) is 20.1. The number of rotatable bonds is 8. The molecule has 0 amide bonds. The first-order valence-electron chi connectivity index (χ1n) is 10.6. The zero-order valence-electron chi connectivity index (χ0n) is 18.8. The van der Waals surface area contributed by atoms with Crippen LogP contribution in [-0.2, 0) is 14.3 Å². The molecule has 4 rings (SSSR count). The number of amidine groups is 1. The van der Waals surface area contributed by atoms with Crippen LogP contribution in [0, 0.1) is 0 Å². The average molecular weight is 522 g/mol. The van der Waals surface area contributed by atoms with Gasteiger partial charge in [0.05, 0.1) is 27.4 Å². The van der Waals surface area contributed by atoms with Gasteiger partial charge in [-0.3, -0.25) is 0 Å². The quantitative estimate of drug-likeness (QED) is 0.547. The molecule has 3 unspecified atom stereocenters. The van der Waals surface area contributed by atoms with E-state index in [4.69, 9.17) is 23.8 Å². The predicted octanol–water partition coefficient (Wildman–Crippen LogP) is 2.98. The first-order chi connectivity index (χ1) is 16.0. The summed E-state index contributed by atoms with van der Waals surface area (Å²) in [5, 5.41) is 11.0. The lowest BCUT2D eigenvalue weighted by molar-refractivity contribution is 0.00666. The minimum Gasteiger partial charge on any atom is -0.495 e. The lowest BCUT2D eigenvalue weighted by Gasteiger charge is -2.29. The van der Waals surface area contributed by atoms with Gasteiger partial charge in [0.1, 0.15) is 28.2 Å². The fourth-order valence-electron chi connectivity index (χ4n) is 3.89. The van der Waals surface area contributed by atoms with E-state index in [1.165, 1.54) is 0 Å². The van der Waals surface area contributed by atoms with Gasteiger partial charge in [-0.25, -0.2) is 15.3 Å². The van der Waals surface area contributed by atoms with E-state index < -0.39 is 18.4 Å². The third-order valence-corrected chi connectivity index (χ3v) is 6.48. The third kappa shape index (κ3) is 5.10. The summed E-state index contributed by atoms with van der Waals surface area (Å²) in [4.78, 5) is 12.4. The average Bonchev–Trinajstić information content (AvgIpc) is 3.36. The molecule has 1 saturated heterocycles. The minimum atomic E-state index is -1.05. The fourth-order valence-corrected chi connectivity index (χ4v) is 4.45. The SMILES string of the molecule is COc1cc(C2N=C(C(O)C(OC)c3ccc(N4CCOCC4)cc3)NO2)cc(OC)c1Br. The van der Waals surface area contributed by atoms with E-state index >= 15 is 0 Å². The summed E-state index contributed by atoms with van der Waals surface area (Å²) in [5.74, 6) is 1.46. The molecular weight excluding hydrogens is 494 g/mol. The van der Waals surface area contributed by atoms with Crippen LogP contribution in [0.2, 0.25) is 0 Å². The van der Waals surface area contributed by atoms with Gasteiger partial charge in [0.15, 0.2) is 5.84 Å². The lowest BCUT2D eigenvalue weighted by Crippen LogP contribution is -2.37. The zero-order valence-corrected chi connectivity index (χ0v) is 20.4. The van der Waals surface area contributed by atoms with Gasteiger partial charge in [-0.2, -0.15) is 0 Å². The van der Waals surface area contributed by atoms with Crippen LogP contribution in [0.25, 0.3) is 0 Å². The van der Waals surface area contributed by atoms with Crippen molar-refractivity contribution in [2.24, 2.45) is 4.99 Å². The number of hydroxylamine groups is 1. The molecular formula is C23H28BrN3O6. The summed E-state index contributed by atoms with van der Waals surface area (Å²) in [7, 11) is 4.70. The zero-order chi connectivity index (χ0) is 23.4. The Labute approximate surface area is 201 Å². The number of aliphatic imine (C=N–C) groups is 1. The molecule has 0 spiro atoms. The molecule has 2 aromatic rings. The van der Waals surface area contributed by atoms with Gasteiger partial charge >= 0.3 is 0 Å². The number of hydrogen-bond acceptors (Lipinski definition) is 9. The summed E-state index contributed by atoms with van der Waals surface area (Å²) in [5.41, 5.74) is 5.41. The Morgan fingerprint density at radius 2 is 1.73 bits per heavy atom. The van der Waals surface area contributed by atoms with Crippen molar-refractivity contribution in [1.82, 2.24) is 5.48 Å². The number of anilines is 1. The number of morpholine rings is 1. The van der Waals surface area contributed by atoms with E-state index in [1.54, 1.807) is 33.5 Å². The van der Waals surface area contributed by atoms with Crippen LogP contribution in [0.1, 0.15) is 23.5 Å². The molecule has 0 aliphatic carbocycles. The van der Waals surface area contributed by atoms with Crippen molar-refractivity contribution in [3.63, 3.8) is 0 Å². The van der Waals surface area contributed by atoms with E-state index in [2.05, 4.69) is 31.3 Å². The van der Waals surface area contributed by atoms with Crippen molar-refractivity contribution in [2.75, 3.05) is 52.5 Å². The maximum Gasteiger partial charge on any atom is 0.202 e. The number of ether oxygens (including phenoxy) is 4. The van der Waals surface area contributed by atoms with Crippen molar-refractivity contribution in [3.05, 3.63) is 52.0 Å². The van der Waals surface area contributed by atoms with Crippen molar-refractivity contribution in [2.45, 2.75) is 18.4 Å². The fraction of sp³-hybridized carbons (Fsp3) is 0.435. The van der Waals surface area contributed by atoms with Crippen molar-refractivity contribution >= 4 is 27.5 Å². The molecule has 2 heterocycles. The highest BCUT2D eigenvalue weighted by molar-refractivity contribution is 9.10. The number of aliphatic hydroxyl groups excluding tert-OH is 1. The van der Waals surface area contributed by atoms with E-state index in [1.807, 2.05) is 24.3 Å². The van der Waals surface area contributed by atoms with E-state index in [-0.39, 0.29) is 5.84 Å². The highest BCUT2D eigenvalue weighted by atomic mass is 79.9. The van der Waals surface area contributed by atoms with Crippen LogP contribution in [0.15, 0.2) is 45.9 Å². The van der Waals surface area contributed by atoms with Crippen LogP contribution in [0.4, 0.5) is 5.69 Å². The number of halogens is 1. The summed E-state index contributed by atoms with van der Waals surface area (Å²) in [6.45, 7) is 3.18. The Hall–Kier alpha value is -2.37. The molecule has 2 aliphatic rings. The van der Waals surface area contributed by atoms with E-state index in [0.717, 1.165) is 37.6 Å². The van der Waals surface area contributed by atoms with Crippen LogP contribution in [0.5, 0.6) is 11.5 Å². The largest absolute Gasteiger partial charge is 0.495 e. The lowest BCUT2D eigenvalue weighted by atomic mass is 10.0. The Morgan fingerprint density at radius 1 is 1.09 bits per heavy atom. The number of benzene rings is 2. The Morgan fingerprint density at radius 3 is 2.30 bits per heavy atom. The molecule has 3 atom stereocenters. The summed E-state index contributed by atoms with van der Waals surface area (Å²) >= 11 is 3.46. The van der Waals surface area contributed by atoms with Crippen LogP contribution < -0.4 is 19.9 Å².